The second kappa shape index (κ2) is 11.4. The maximum absolute atomic E-state index is 13.6. The van der Waals surface area contributed by atoms with Crippen molar-refractivity contribution in [1.82, 2.24) is 10.3 Å². The fourth-order valence-electron chi connectivity index (χ4n) is 4.46. The molecular formula is C30H31N3O3S. The predicted octanol–water partition coefficient (Wildman–Crippen LogP) is 6.97. The predicted molar refractivity (Wildman–Crippen MR) is 155 cm³/mol. The van der Waals surface area contributed by atoms with Crippen LogP contribution in [0, 0.1) is 0 Å². The fraction of sp³-hybridized carbons (Fsp3) is 0.233. The van der Waals surface area contributed by atoms with Crippen LogP contribution in [0.25, 0.3) is 42.9 Å². The summed E-state index contributed by atoms with van der Waals surface area (Å²) in [4.78, 5) is 33.3. The highest BCUT2D eigenvalue weighted by Gasteiger charge is 2.24. The number of carbonyl (C=O) groups is 1. The molecule has 5 rings (SSSR count). The van der Waals surface area contributed by atoms with Crippen LogP contribution in [0.5, 0.6) is 0 Å². The molecule has 1 N–H and O–H groups in total. The first-order chi connectivity index (χ1) is 18.0. The van der Waals surface area contributed by atoms with E-state index in [2.05, 4.69) is 24.1 Å². The Hall–Kier alpha value is -3.97. The molecule has 2 heterocycles. The first-order valence-corrected chi connectivity index (χ1v) is 13.4. The number of nitrogens with one attached hydrogen (secondary N) is 1. The molecule has 0 aliphatic carbocycles. The maximum atomic E-state index is 13.6. The van der Waals surface area contributed by atoms with E-state index < -0.39 is 5.63 Å². The first kappa shape index (κ1) is 26.1. The SMILES string of the molecule is CC.CCN(CC)c1ccc2c(-c3ccccc3C(=O)NC)c(-c3nc4ccccc4s3)c(=O)oc2c1. The molecule has 3 aromatic carbocycles. The van der Waals surface area contributed by atoms with Crippen LogP contribution in [0.2, 0.25) is 0 Å². The van der Waals surface area contributed by atoms with Crippen molar-refractivity contribution in [3.8, 4) is 21.7 Å². The minimum absolute atomic E-state index is 0.225. The molecule has 2 aromatic heterocycles. The van der Waals surface area contributed by atoms with Crippen LogP contribution in [0.15, 0.2) is 75.9 Å². The van der Waals surface area contributed by atoms with Crippen molar-refractivity contribution in [2.75, 3.05) is 25.0 Å². The number of hydrogen-bond donors (Lipinski definition) is 1. The molecule has 0 radical (unpaired) electrons. The number of nitrogens with zero attached hydrogens (tertiary/aromatic N) is 2. The fourth-order valence-corrected chi connectivity index (χ4v) is 5.47. The molecule has 0 spiro atoms. The van der Waals surface area contributed by atoms with Crippen molar-refractivity contribution in [1.29, 1.82) is 0 Å². The summed E-state index contributed by atoms with van der Waals surface area (Å²) >= 11 is 1.44. The number of rotatable bonds is 6. The van der Waals surface area contributed by atoms with Crippen LogP contribution in [0.4, 0.5) is 5.69 Å². The van der Waals surface area contributed by atoms with E-state index in [1.807, 2.05) is 74.5 Å². The Morgan fingerprint density at radius 1 is 0.973 bits per heavy atom. The van der Waals surface area contributed by atoms with Gasteiger partial charge in [0, 0.05) is 48.4 Å². The van der Waals surface area contributed by atoms with E-state index in [-0.39, 0.29) is 5.91 Å². The number of para-hydroxylation sites is 1. The van der Waals surface area contributed by atoms with Crippen LogP contribution >= 0.6 is 11.3 Å². The van der Waals surface area contributed by atoms with Gasteiger partial charge < -0.3 is 14.6 Å². The molecule has 0 bridgehead atoms. The molecule has 5 aromatic rings. The van der Waals surface area contributed by atoms with E-state index in [9.17, 15) is 9.59 Å². The quantitative estimate of drug-likeness (QED) is 0.248. The summed E-state index contributed by atoms with van der Waals surface area (Å²) in [5.74, 6) is -0.225. The number of benzene rings is 3. The van der Waals surface area contributed by atoms with E-state index in [1.54, 1.807) is 13.1 Å². The average Bonchev–Trinajstić information content (AvgIpc) is 3.37. The minimum Gasteiger partial charge on any atom is -0.422 e. The molecule has 0 atom stereocenters. The second-order valence-electron chi connectivity index (χ2n) is 8.10. The smallest absolute Gasteiger partial charge is 0.347 e. The molecule has 37 heavy (non-hydrogen) atoms. The molecule has 7 heteroatoms. The Bertz CT molecular complexity index is 1580. The van der Waals surface area contributed by atoms with Crippen LogP contribution < -0.4 is 15.8 Å². The molecule has 0 unspecified atom stereocenters. The second-order valence-corrected chi connectivity index (χ2v) is 9.13. The lowest BCUT2D eigenvalue weighted by atomic mass is 9.93. The van der Waals surface area contributed by atoms with Gasteiger partial charge in [-0.3, -0.25) is 4.79 Å². The van der Waals surface area contributed by atoms with Crippen molar-refractivity contribution in [2.45, 2.75) is 27.7 Å². The number of hydrogen-bond acceptors (Lipinski definition) is 6. The lowest BCUT2D eigenvalue weighted by Crippen LogP contribution is -2.21. The first-order valence-electron chi connectivity index (χ1n) is 12.6. The Morgan fingerprint density at radius 2 is 1.68 bits per heavy atom. The Labute approximate surface area is 220 Å². The molecule has 0 saturated heterocycles. The van der Waals surface area contributed by atoms with Gasteiger partial charge in [0.2, 0.25) is 0 Å². The van der Waals surface area contributed by atoms with Crippen LogP contribution in [0.3, 0.4) is 0 Å². The minimum atomic E-state index is -0.477. The molecule has 190 valence electrons. The summed E-state index contributed by atoms with van der Waals surface area (Å²) in [5, 5.41) is 4.04. The summed E-state index contributed by atoms with van der Waals surface area (Å²) in [6.45, 7) is 9.85. The van der Waals surface area contributed by atoms with Crippen molar-refractivity contribution < 1.29 is 9.21 Å². The number of aromatic nitrogens is 1. The van der Waals surface area contributed by atoms with E-state index >= 15 is 0 Å². The van der Waals surface area contributed by atoms with Gasteiger partial charge in [-0.15, -0.1) is 11.3 Å². The zero-order valence-electron chi connectivity index (χ0n) is 21.8. The van der Waals surface area contributed by atoms with Crippen LogP contribution in [-0.2, 0) is 0 Å². The molecule has 0 saturated carbocycles. The molecule has 0 aliphatic rings. The van der Waals surface area contributed by atoms with Crippen molar-refractivity contribution in [3.05, 3.63) is 82.7 Å². The van der Waals surface area contributed by atoms with Gasteiger partial charge in [0.05, 0.1) is 10.2 Å². The Kier molecular flexibility index (Phi) is 8.04. The van der Waals surface area contributed by atoms with Crippen LogP contribution in [-0.4, -0.2) is 31.0 Å². The zero-order valence-corrected chi connectivity index (χ0v) is 22.6. The number of anilines is 1. The van der Waals surface area contributed by atoms with E-state index in [0.29, 0.717) is 32.8 Å². The van der Waals surface area contributed by atoms with Crippen LogP contribution in [0.1, 0.15) is 38.1 Å². The van der Waals surface area contributed by atoms with Gasteiger partial charge in [0.25, 0.3) is 5.91 Å². The highest BCUT2D eigenvalue weighted by molar-refractivity contribution is 7.21. The summed E-state index contributed by atoms with van der Waals surface area (Å²) in [6, 6.07) is 21.0. The topological polar surface area (TPSA) is 75.4 Å². The van der Waals surface area contributed by atoms with E-state index in [0.717, 1.165) is 34.4 Å². The Morgan fingerprint density at radius 3 is 2.38 bits per heavy atom. The van der Waals surface area contributed by atoms with Gasteiger partial charge in [0.1, 0.15) is 16.2 Å². The molecule has 1 amide bonds. The number of amides is 1. The lowest BCUT2D eigenvalue weighted by Gasteiger charge is -2.21. The Balaban J connectivity index is 0.00000156. The summed E-state index contributed by atoms with van der Waals surface area (Å²) in [6.07, 6.45) is 0. The molecular weight excluding hydrogens is 482 g/mol. The third-order valence-electron chi connectivity index (χ3n) is 6.20. The molecule has 6 nitrogen and oxygen atoms in total. The van der Waals surface area contributed by atoms with Crippen molar-refractivity contribution in [3.63, 3.8) is 0 Å². The van der Waals surface area contributed by atoms with Crippen molar-refractivity contribution >= 4 is 44.1 Å². The summed E-state index contributed by atoms with van der Waals surface area (Å²) in [5.41, 5.74) is 3.96. The number of fused-ring (bicyclic) bond motifs is 2. The lowest BCUT2D eigenvalue weighted by molar-refractivity contribution is 0.0963. The van der Waals surface area contributed by atoms with E-state index in [1.165, 1.54) is 11.3 Å². The zero-order chi connectivity index (χ0) is 26.5. The molecule has 0 fully saturated rings. The number of carbonyl (C=O) groups excluding carboxylic acids is 1. The van der Waals surface area contributed by atoms with Gasteiger partial charge in [-0.2, -0.15) is 0 Å². The highest BCUT2D eigenvalue weighted by Crippen LogP contribution is 2.40. The van der Waals surface area contributed by atoms with E-state index in [4.69, 9.17) is 9.40 Å². The van der Waals surface area contributed by atoms with Gasteiger partial charge in [-0.1, -0.05) is 44.2 Å². The standard InChI is InChI=1S/C28H25N3O3S.C2H6/c1-4-31(5-2)17-14-15-20-22(16-17)34-28(33)25(27-30-21-12-8-9-13-23(21)35-27)24(20)18-10-6-7-11-19(18)26(32)29-3;1-2/h6-16H,4-5H2,1-3H3,(H,29,32);1-2H3. The average molecular weight is 514 g/mol. The van der Waals surface area contributed by atoms with Crippen molar-refractivity contribution in [2.24, 2.45) is 0 Å². The third kappa shape index (κ3) is 4.87. The third-order valence-corrected chi connectivity index (χ3v) is 7.25. The highest BCUT2D eigenvalue weighted by atomic mass is 32.1. The normalized spacial score (nSPS) is 10.7. The summed E-state index contributed by atoms with van der Waals surface area (Å²) in [7, 11) is 1.60. The van der Waals surface area contributed by atoms with Gasteiger partial charge >= 0.3 is 5.63 Å². The monoisotopic (exact) mass is 513 g/mol. The van der Waals surface area contributed by atoms with Gasteiger partial charge in [0.15, 0.2) is 0 Å². The number of thiazole rings is 1. The van der Waals surface area contributed by atoms with Gasteiger partial charge in [-0.25, -0.2) is 9.78 Å². The van der Waals surface area contributed by atoms with Gasteiger partial charge in [-0.05, 0) is 49.7 Å². The largest absolute Gasteiger partial charge is 0.422 e. The maximum Gasteiger partial charge on any atom is 0.347 e. The summed E-state index contributed by atoms with van der Waals surface area (Å²) < 4.78 is 6.87. The molecule has 0 aliphatic heterocycles.